The van der Waals surface area contributed by atoms with Crippen molar-refractivity contribution in [3.05, 3.63) is 92.9 Å². The van der Waals surface area contributed by atoms with Gasteiger partial charge in [0.1, 0.15) is 11.5 Å². The highest BCUT2D eigenvalue weighted by molar-refractivity contribution is 9.10. The van der Waals surface area contributed by atoms with Crippen LogP contribution in [0.15, 0.2) is 87.3 Å². The minimum Gasteiger partial charge on any atom is -0.508 e. The second kappa shape index (κ2) is 10.4. The third kappa shape index (κ3) is 4.21. The number of hydrogen-bond acceptors (Lipinski definition) is 6. The predicted octanol–water partition coefficient (Wildman–Crippen LogP) is 5.97. The van der Waals surface area contributed by atoms with Gasteiger partial charge in [-0.15, -0.1) is 0 Å². The molecule has 218 valence electrons. The normalized spacial score (nSPS) is 28.0. The minimum absolute atomic E-state index is 0.0561. The third-order valence-corrected chi connectivity index (χ3v) is 10.4. The molecule has 0 unspecified atom stereocenters. The second-order valence-electron chi connectivity index (χ2n) is 11.4. The average molecular weight is 706 g/mol. The van der Waals surface area contributed by atoms with Gasteiger partial charge in [0.05, 0.1) is 42.2 Å². The van der Waals surface area contributed by atoms with E-state index >= 15 is 0 Å². The number of allylic oxidation sites excluding steroid dienone is 2. The Kier molecular flexibility index (Phi) is 6.81. The lowest BCUT2D eigenvalue weighted by molar-refractivity contribution is -0.126. The van der Waals surface area contributed by atoms with E-state index < -0.39 is 35.5 Å². The fourth-order valence-corrected chi connectivity index (χ4v) is 8.15. The van der Waals surface area contributed by atoms with Gasteiger partial charge in [-0.2, -0.15) is 0 Å². The van der Waals surface area contributed by atoms with Gasteiger partial charge in [-0.1, -0.05) is 49.6 Å². The van der Waals surface area contributed by atoms with Crippen LogP contribution in [0, 0.1) is 29.6 Å². The van der Waals surface area contributed by atoms with E-state index in [1.807, 2.05) is 6.08 Å². The number of carbonyl (C=O) groups is 4. The molecular formula is C33H26Br2N2O6. The molecule has 4 aliphatic rings. The number of phenols is 1. The van der Waals surface area contributed by atoms with Crippen molar-refractivity contribution >= 4 is 66.9 Å². The molecule has 3 fully saturated rings. The van der Waals surface area contributed by atoms with Crippen LogP contribution in [0.5, 0.6) is 11.5 Å². The standard InChI is InChI=1S/C33H26Br2N2O6/c1-43-25-4-2-3-24(38)29(25)27-20-13-14-21-26(32(41)36(30(21)39)18-9-5-16(34)6-10-18)22(20)15-23-28(27)33(42)37(31(23)40)19-11-7-17(35)8-12-19/h2-13,21-23,26-28,38H,14-15H2,1H3/t21-,22+,23+,26-,27-,28+/m0/s1. The number of carbonyl (C=O) groups excluding carboxylic acids is 4. The number of imide groups is 2. The lowest BCUT2D eigenvalue weighted by Gasteiger charge is -2.44. The Morgan fingerprint density at radius 3 is 1.86 bits per heavy atom. The van der Waals surface area contributed by atoms with Crippen LogP contribution in [0.2, 0.25) is 0 Å². The van der Waals surface area contributed by atoms with Gasteiger partial charge in [-0.25, -0.2) is 0 Å². The lowest BCUT2D eigenvalue weighted by atomic mass is 9.57. The molecule has 0 aromatic heterocycles. The zero-order valence-electron chi connectivity index (χ0n) is 22.9. The maximum absolute atomic E-state index is 14.2. The van der Waals surface area contributed by atoms with Crippen LogP contribution in [-0.4, -0.2) is 35.8 Å². The molecule has 8 nitrogen and oxygen atoms in total. The fourth-order valence-electron chi connectivity index (χ4n) is 7.62. The molecule has 0 radical (unpaired) electrons. The summed E-state index contributed by atoms with van der Waals surface area (Å²) in [5.74, 6) is -4.99. The van der Waals surface area contributed by atoms with Crippen LogP contribution in [0.4, 0.5) is 11.4 Å². The second-order valence-corrected chi connectivity index (χ2v) is 13.2. The molecule has 2 saturated heterocycles. The molecule has 6 atom stereocenters. The molecule has 43 heavy (non-hydrogen) atoms. The maximum Gasteiger partial charge on any atom is 0.238 e. The van der Waals surface area contributed by atoms with E-state index in [2.05, 4.69) is 31.9 Å². The first-order chi connectivity index (χ1) is 20.7. The maximum atomic E-state index is 14.2. The number of rotatable bonds is 4. The summed E-state index contributed by atoms with van der Waals surface area (Å²) < 4.78 is 7.31. The quantitative estimate of drug-likeness (QED) is 0.265. The number of benzene rings is 3. The molecule has 1 saturated carbocycles. The molecule has 1 N–H and O–H groups in total. The Balaban J connectivity index is 1.36. The molecule has 3 aromatic carbocycles. The highest BCUT2D eigenvalue weighted by atomic mass is 79.9. The minimum atomic E-state index is -0.813. The van der Waals surface area contributed by atoms with Gasteiger partial charge in [-0.3, -0.25) is 29.0 Å². The number of phenolic OH excluding ortho intramolecular Hbond substituents is 1. The highest BCUT2D eigenvalue weighted by Crippen LogP contribution is 2.60. The summed E-state index contributed by atoms with van der Waals surface area (Å²) in [6.45, 7) is 0. The van der Waals surface area contributed by atoms with Gasteiger partial charge >= 0.3 is 0 Å². The first-order valence-electron chi connectivity index (χ1n) is 14.0. The van der Waals surface area contributed by atoms with Gasteiger partial charge in [0.15, 0.2) is 0 Å². The SMILES string of the molecule is COc1cccc(O)c1[C@H]1C2=CC[C@@H]3C(=O)N(c4ccc(Br)cc4)C(=O)[C@@H]3[C@@H]2C[C@H]2C(=O)N(c3ccc(Br)cc3)C(=O)[C@@H]12. The van der Waals surface area contributed by atoms with Crippen LogP contribution in [0.25, 0.3) is 0 Å². The summed E-state index contributed by atoms with van der Waals surface area (Å²) in [7, 11) is 1.49. The number of amides is 4. The number of halogens is 2. The van der Waals surface area contributed by atoms with Crippen molar-refractivity contribution in [2.45, 2.75) is 18.8 Å². The first-order valence-corrected chi connectivity index (χ1v) is 15.6. The zero-order valence-corrected chi connectivity index (χ0v) is 26.1. The number of fused-ring (bicyclic) bond motifs is 4. The van der Waals surface area contributed by atoms with Crippen molar-refractivity contribution in [2.24, 2.45) is 29.6 Å². The summed E-state index contributed by atoms with van der Waals surface area (Å²) >= 11 is 6.81. The van der Waals surface area contributed by atoms with E-state index in [-0.39, 0.29) is 35.8 Å². The van der Waals surface area contributed by atoms with Crippen LogP contribution in [0.1, 0.15) is 24.3 Å². The van der Waals surface area contributed by atoms with Crippen LogP contribution >= 0.6 is 31.9 Å². The summed E-state index contributed by atoms with van der Waals surface area (Å²) in [4.78, 5) is 58.6. The van der Waals surface area contributed by atoms with Crippen molar-refractivity contribution in [3.8, 4) is 11.5 Å². The summed E-state index contributed by atoms with van der Waals surface area (Å²) in [6.07, 6.45) is 2.51. The summed E-state index contributed by atoms with van der Waals surface area (Å²) in [5, 5.41) is 11.2. The Bertz CT molecular complexity index is 1720. The molecule has 7 rings (SSSR count). The first kappa shape index (κ1) is 28.0. The average Bonchev–Trinajstić information content (AvgIpc) is 3.41. The van der Waals surface area contributed by atoms with Crippen molar-refractivity contribution < 1.29 is 29.0 Å². The van der Waals surface area contributed by atoms with E-state index in [4.69, 9.17) is 4.74 Å². The number of ether oxygens (including phenoxy) is 1. The van der Waals surface area contributed by atoms with Gasteiger partial charge < -0.3 is 9.84 Å². The van der Waals surface area contributed by atoms with Gasteiger partial charge in [0, 0.05) is 20.4 Å². The number of methoxy groups -OCH3 is 1. The van der Waals surface area contributed by atoms with Crippen molar-refractivity contribution in [1.29, 1.82) is 0 Å². The molecular weight excluding hydrogens is 680 g/mol. The number of nitrogens with zero attached hydrogens (tertiary/aromatic N) is 2. The largest absolute Gasteiger partial charge is 0.508 e. The summed E-state index contributed by atoms with van der Waals surface area (Å²) in [6, 6.07) is 18.9. The van der Waals surface area contributed by atoms with Crippen molar-refractivity contribution in [1.82, 2.24) is 0 Å². The topological polar surface area (TPSA) is 104 Å². The van der Waals surface area contributed by atoms with Crippen LogP contribution in [-0.2, 0) is 19.2 Å². The van der Waals surface area contributed by atoms with Gasteiger partial charge in [0.2, 0.25) is 23.6 Å². The van der Waals surface area contributed by atoms with E-state index in [1.54, 1.807) is 60.7 Å². The van der Waals surface area contributed by atoms with E-state index in [9.17, 15) is 24.3 Å². The summed E-state index contributed by atoms with van der Waals surface area (Å²) in [5.41, 5.74) is 2.16. The van der Waals surface area contributed by atoms with Crippen molar-refractivity contribution in [2.75, 3.05) is 16.9 Å². The highest BCUT2D eigenvalue weighted by Gasteiger charge is 2.62. The van der Waals surface area contributed by atoms with E-state index in [0.717, 1.165) is 14.5 Å². The molecule has 0 spiro atoms. The Labute approximate surface area is 264 Å². The predicted molar refractivity (Wildman–Crippen MR) is 165 cm³/mol. The Morgan fingerprint density at radius 2 is 1.28 bits per heavy atom. The molecule has 2 aliphatic heterocycles. The number of hydrogen-bond donors (Lipinski definition) is 1. The molecule has 4 amide bonds. The van der Waals surface area contributed by atoms with E-state index in [1.165, 1.54) is 23.0 Å². The fraction of sp³-hybridized carbons (Fsp3) is 0.273. The Morgan fingerprint density at radius 1 is 0.721 bits per heavy atom. The molecule has 0 bridgehead atoms. The van der Waals surface area contributed by atoms with Gasteiger partial charge in [0.25, 0.3) is 0 Å². The molecule has 3 aromatic rings. The van der Waals surface area contributed by atoms with Gasteiger partial charge in [-0.05, 0) is 79.4 Å². The van der Waals surface area contributed by atoms with E-state index in [0.29, 0.717) is 29.1 Å². The van der Waals surface area contributed by atoms with Crippen molar-refractivity contribution in [3.63, 3.8) is 0 Å². The molecule has 10 heteroatoms. The number of aromatic hydroxyl groups is 1. The third-order valence-electron chi connectivity index (χ3n) is 9.39. The van der Waals surface area contributed by atoms with Crippen LogP contribution in [0.3, 0.4) is 0 Å². The lowest BCUT2D eigenvalue weighted by Crippen LogP contribution is -2.43. The molecule has 2 aliphatic carbocycles. The smallest absolute Gasteiger partial charge is 0.238 e. The number of anilines is 2. The monoisotopic (exact) mass is 704 g/mol. The zero-order chi connectivity index (χ0) is 30.2. The Hall–Kier alpha value is -3.76. The van der Waals surface area contributed by atoms with Crippen LogP contribution < -0.4 is 14.5 Å². The molecule has 2 heterocycles.